The Morgan fingerprint density at radius 2 is 1.73 bits per heavy atom. The molecule has 4 rings (SSSR count). The topological polar surface area (TPSA) is 64.8 Å². The highest BCUT2D eigenvalue weighted by atomic mass is 19.1. The molecular weight excluding hydrogens is 419 g/mol. The number of rotatable bonds is 8. The smallest absolute Gasteiger partial charge is 0.239 e. The summed E-state index contributed by atoms with van der Waals surface area (Å²) in [4.78, 5) is 14.8. The number of hydrogen-bond donors (Lipinski definition) is 1. The number of ether oxygens (including phenoxy) is 2. The van der Waals surface area contributed by atoms with E-state index in [1.165, 1.54) is 6.07 Å². The molecule has 172 valence electrons. The monoisotopic (exact) mass is 448 g/mol. The molecule has 0 bridgehead atoms. The molecule has 3 aromatic carbocycles. The van der Waals surface area contributed by atoms with Crippen LogP contribution < -0.4 is 15.2 Å². The Morgan fingerprint density at radius 1 is 1.06 bits per heavy atom. The van der Waals surface area contributed by atoms with Crippen LogP contribution in [0.2, 0.25) is 0 Å². The van der Waals surface area contributed by atoms with Crippen molar-refractivity contribution in [1.82, 2.24) is 4.90 Å². The minimum atomic E-state index is -0.585. The first-order chi connectivity index (χ1) is 16.0. The van der Waals surface area contributed by atoms with Gasteiger partial charge in [-0.3, -0.25) is 9.69 Å². The number of nitrogens with two attached hydrogens (primary N) is 1. The summed E-state index contributed by atoms with van der Waals surface area (Å²) in [5.41, 5.74) is 9.63. The van der Waals surface area contributed by atoms with Crippen LogP contribution in [-0.4, -0.2) is 31.6 Å². The Kier molecular flexibility index (Phi) is 6.94. The lowest BCUT2D eigenvalue weighted by Crippen LogP contribution is -2.44. The average molecular weight is 449 g/mol. The van der Waals surface area contributed by atoms with Crippen LogP contribution in [0.25, 0.3) is 0 Å². The van der Waals surface area contributed by atoms with Crippen molar-refractivity contribution in [3.8, 4) is 11.5 Å². The van der Waals surface area contributed by atoms with Crippen molar-refractivity contribution in [2.45, 2.75) is 31.3 Å². The number of carbonyl (C=O) groups excluding carboxylic acids is 1. The molecule has 33 heavy (non-hydrogen) atoms. The highest BCUT2D eigenvalue weighted by Gasteiger charge is 2.36. The minimum Gasteiger partial charge on any atom is -0.493 e. The maximum atomic E-state index is 14.4. The number of hydrogen-bond acceptors (Lipinski definition) is 4. The molecule has 5 nitrogen and oxygen atoms in total. The van der Waals surface area contributed by atoms with Crippen molar-refractivity contribution < 1.29 is 18.7 Å². The summed E-state index contributed by atoms with van der Waals surface area (Å²) in [5.74, 6) is 0.680. The molecule has 1 unspecified atom stereocenters. The van der Waals surface area contributed by atoms with E-state index in [0.29, 0.717) is 36.4 Å². The molecule has 0 aromatic heterocycles. The highest BCUT2D eigenvalue weighted by molar-refractivity contribution is 5.81. The normalized spacial score (nSPS) is 16.6. The standard InChI is InChI=1S/C27H29FN2O3/c1-32-24-16-20-14-15-30(26(27(29)31)19-9-4-3-5-10-19)23(21(20)17-25(24)33-2)13-12-18-8-6-7-11-22(18)28/h3-11,16-17,23,26H,12-15H2,1-2H3,(H2,29,31)/t23-,26?/m0/s1. The van der Waals surface area contributed by atoms with Gasteiger partial charge in [0, 0.05) is 12.6 Å². The van der Waals surface area contributed by atoms with Crippen molar-refractivity contribution >= 4 is 5.91 Å². The van der Waals surface area contributed by atoms with E-state index in [9.17, 15) is 9.18 Å². The Balaban J connectivity index is 1.77. The Bertz CT molecular complexity index is 1120. The van der Waals surface area contributed by atoms with E-state index in [4.69, 9.17) is 15.2 Å². The lowest BCUT2D eigenvalue weighted by molar-refractivity contribution is -0.124. The number of nitrogens with zero attached hydrogens (tertiary/aromatic N) is 1. The van der Waals surface area contributed by atoms with Gasteiger partial charge in [-0.1, -0.05) is 48.5 Å². The molecule has 1 heterocycles. The number of benzene rings is 3. The molecule has 1 amide bonds. The maximum Gasteiger partial charge on any atom is 0.239 e. The van der Waals surface area contributed by atoms with Gasteiger partial charge < -0.3 is 15.2 Å². The van der Waals surface area contributed by atoms with Crippen LogP contribution in [0.1, 0.15) is 40.8 Å². The van der Waals surface area contributed by atoms with E-state index < -0.39 is 11.9 Å². The van der Waals surface area contributed by atoms with Gasteiger partial charge in [-0.05, 0) is 59.7 Å². The summed E-state index contributed by atoms with van der Waals surface area (Å²) >= 11 is 0. The number of methoxy groups -OCH3 is 2. The number of primary amides is 1. The van der Waals surface area contributed by atoms with E-state index in [1.54, 1.807) is 26.4 Å². The first kappa shape index (κ1) is 22.8. The Labute approximate surface area is 193 Å². The third-order valence-corrected chi connectivity index (χ3v) is 6.41. The van der Waals surface area contributed by atoms with Crippen molar-refractivity contribution in [2.75, 3.05) is 20.8 Å². The molecule has 1 aliphatic rings. The first-order valence-corrected chi connectivity index (χ1v) is 11.1. The van der Waals surface area contributed by atoms with Gasteiger partial charge in [0.1, 0.15) is 11.9 Å². The number of fused-ring (bicyclic) bond motifs is 1. The number of halogens is 1. The SMILES string of the molecule is COc1cc2c(cc1OC)[C@H](CCc1ccccc1F)N(C(C(N)=O)c1ccccc1)CC2. The molecule has 0 aliphatic carbocycles. The summed E-state index contributed by atoms with van der Waals surface area (Å²) < 4.78 is 25.4. The second-order valence-corrected chi connectivity index (χ2v) is 8.26. The van der Waals surface area contributed by atoms with E-state index in [-0.39, 0.29) is 11.9 Å². The van der Waals surface area contributed by atoms with E-state index in [2.05, 4.69) is 4.90 Å². The second kappa shape index (κ2) is 10.0. The first-order valence-electron chi connectivity index (χ1n) is 11.1. The fraction of sp³-hybridized carbons (Fsp3) is 0.296. The quantitative estimate of drug-likeness (QED) is 0.547. The molecule has 6 heteroatoms. The van der Waals surface area contributed by atoms with Gasteiger partial charge in [-0.15, -0.1) is 0 Å². The maximum absolute atomic E-state index is 14.4. The molecule has 2 atom stereocenters. The van der Waals surface area contributed by atoms with Gasteiger partial charge >= 0.3 is 0 Å². The zero-order valence-electron chi connectivity index (χ0n) is 19.0. The second-order valence-electron chi connectivity index (χ2n) is 8.26. The average Bonchev–Trinajstić information content (AvgIpc) is 2.83. The van der Waals surface area contributed by atoms with Gasteiger partial charge in [0.05, 0.1) is 14.2 Å². The van der Waals surface area contributed by atoms with Gasteiger partial charge in [-0.2, -0.15) is 0 Å². The summed E-state index contributed by atoms with van der Waals surface area (Å²) in [6, 6.07) is 19.7. The predicted octanol–water partition coefficient (Wildman–Crippen LogP) is 4.60. The third-order valence-electron chi connectivity index (χ3n) is 6.41. The van der Waals surface area contributed by atoms with Crippen molar-refractivity contribution in [2.24, 2.45) is 5.73 Å². The number of carbonyl (C=O) groups is 1. The van der Waals surface area contributed by atoms with Crippen LogP contribution in [-0.2, 0) is 17.6 Å². The van der Waals surface area contributed by atoms with Crippen molar-refractivity contribution in [1.29, 1.82) is 0 Å². The van der Waals surface area contributed by atoms with Crippen LogP contribution in [0.5, 0.6) is 11.5 Å². The lowest BCUT2D eigenvalue weighted by atomic mass is 9.86. The molecule has 3 aromatic rings. The summed E-state index contributed by atoms with van der Waals surface area (Å²) in [5, 5.41) is 0. The fourth-order valence-corrected chi connectivity index (χ4v) is 4.83. The van der Waals surface area contributed by atoms with Crippen LogP contribution in [0.15, 0.2) is 66.7 Å². The Morgan fingerprint density at radius 3 is 2.39 bits per heavy atom. The Hall–Kier alpha value is -3.38. The van der Waals surface area contributed by atoms with Gasteiger partial charge in [-0.25, -0.2) is 4.39 Å². The molecule has 0 radical (unpaired) electrons. The number of amides is 1. The van der Waals surface area contributed by atoms with Gasteiger partial charge in [0.25, 0.3) is 0 Å². The van der Waals surface area contributed by atoms with Crippen LogP contribution in [0.4, 0.5) is 4.39 Å². The zero-order valence-corrected chi connectivity index (χ0v) is 19.0. The molecule has 2 N–H and O–H groups in total. The van der Waals surface area contributed by atoms with Crippen LogP contribution >= 0.6 is 0 Å². The minimum absolute atomic E-state index is 0.147. The predicted molar refractivity (Wildman–Crippen MR) is 126 cm³/mol. The lowest BCUT2D eigenvalue weighted by Gasteiger charge is -2.41. The molecule has 0 fully saturated rings. The zero-order chi connectivity index (χ0) is 23.4. The molecule has 0 saturated heterocycles. The fourth-order valence-electron chi connectivity index (χ4n) is 4.83. The molecular formula is C27H29FN2O3. The summed E-state index contributed by atoms with van der Waals surface area (Å²) in [6.07, 6.45) is 1.89. The molecule has 0 spiro atoms. The molecule has 1 aliphatic heterocycles. The van der Waals surface area contributed by atoms with Gasteiger partial charge in [0.2, 0.25) is 5.91 Å². The van der Waals surface area contributed by atoms with Crippen molar-refractivity contribution in [3.63, 3.8) is 0 Å². The number of aryl methyl sites for hydroxylation is 1. The third kappa shape index (κ3) is 4.71. The van der Waals surface area contributed by atoms with E-state index >= 15 is 0 Å². The van der Waals surface area contributed by atoms with Crippen LogP contribution in [0, 0.1) is 5.82 Å². The van der Waals surface area contributed by atoms with Gasteiger partial charge in [0.15, 0.2) is 11.5 Å². The van der Waals surface area contributed by atoms with Crippen molar-refractivity contribution in [3.05, 3.63) is 94.8 Å². The van der Waals surface area contributed by atoms with E-state index in [1.807, 2.05) is 48.5 Å². The summed E-state index contributed by atoms with van der Waals surface area (Å²) in [6.45, 7) is 0.646. The molecule has 0 saturated carbocycles. The van der Waals surface area contributed by atoms with E-state index in [0.717, 1.165) is 23.1 Å². The largest absolute Gasteiger partial charge is 0.493 e. The van der Waals surface area contributed by atoms with Crippen LogP contribution in [0.3, 0.4) is 0 Å². The summed E-state index contributed by atoms with van der Waals surface area (Å²) in [7, 11) is 3.23. The highest BCUT2D eigenvalue weighted by Crippen LogP contribution is 2.43.